The monoisotopic (exact) mass is 825 g/mol. The Labute approximate surface area is 377 Å². The smallest absolute Gasteiger partial charge is 0.164 e. The summed E-state index contributed by atoms with van der Waals surface area (Å²) in [4.78, 5) is 15.2. The molecule has 0 saturated carbocycles. The van der Waals surface area contributed by atoms with Crippen molar-refractivity contribution in [1.29, 1.82) is 0 Å². The minimum atomic E-state index is -0.593. The largest absolute Gasteiger partial charge is 0.208 e. The fourth-order valence-corrected chi connectivity index (χ4v) is 10.7. The molecule has 1 aliphatic carbocycles. The van der Waals surface area contributed by atoms with E-state index in [-0.39, 0.29) is 0 Å². The van der Waals surface area contributed by atoms with E-state index < -0.39 is 5.41 Å². The van der Waals surface area contributed by atoms with E-state index in [1.807, 2.05) is 36.4 Å². The van der Waals surface area contributed by atoms with E-state index in [9.17, 15) is 0 Å². The fourth-order valence-electron chi connectivity index (χ4n) is 10.7. The van der Waals surface area contributed by atoms with Crippen LogP contribution in [0.3, 0.4) is 0 Å². The molecule has 65 heavy (non-hydrogen) atoms. The predicted octanol–water partition coefficient (Wildman–Crippen LogP) is 15.5. The van der Waals surface area contributed by atoms with Gasteiger partial charge in [0.2, 0.25) is 0 Å². The first-order valence-corrected chi connectivity index (χ1v) is 22.3. The lowest BCUT2D eigenvalue weighted by atomic mass is 9.67. The molecule has 0 amide bonds. The molecule has 1 aliphatic rings. The third kappa shape index (κ3) is 5.79. The van der Waals surface area contributed by atoms with Gasteiger partial charge in [-0.15, -0.1) is 0 Å². The Bertz CT molecular complexity index is 3640. The van der Waals surface area contributed by atoms with Crippen LogP contribution in [0.25, 0.3) is 99.9 Å². The molecule has 0 unspecified atom stereocenters. The van der Waals surface area contributed by atoms with Crippen LogP contribution < -0.4 is 0 Å². The summed E-state index contributed by atoms with van der Waals surface area (Å²) in [5.41, 5.74) is 14.4. The number of benzene rings is 11. The normalized spacial score (nSPS) is 12.7. The van der Waals surface area contributed by atoms with E-state index in [1.54, 1.807) is 0 Å². The molecule has 302 valence electrons. The number of nitrogens with zero attached hydrogens (tertiary/aromatic N) is 3. The standard InChI is InChI=1S/C62H39N3/c1-5-16-43(17-6-1)59-63-60(44-18-7-2-8-19-44)65-61(64-59)47-23-14-22-45(38-47)51-28-15-29-54-58(51)53-37-34-46(39-55(53)62(54,48-24-9-3-10-25-48)49-26-11-4-12-27-49)50-35-32-42-31-30-40-20-13-21-41-33-36-52(50)57(42)56(40)41/h1-39H. The zero-order valence-electron chi connectivity index (χ0n) is 35.4. The summed E-state index contributed by atoms with van der Waals surface area (Å²) < 4.78 is 0. The highest BCUT2D eigenvalue weighted by Crippen LogP contribution is 2.59. The second-order valence-corrected chi connectivity index (χ2v) is 17.1. The molecule has 0 spiro atoms. The minimum absolute atomic E-state index is 0.593. The van der Waals surface area contributed by atoms with E-state index >= 15 is 0 Å². The maximum absolute atomic E-state index is 5.11. The first-order valence-electron chi connectivity index (χ1n) is 22.3. The highest BCUT2D eigenvalue weighted by atomic mass is 15.0. The van der Waals surface area contributed by atoms with Crippen molar-refractivity contribution in [2.24, 2.45) is 0 Å². The highest BCUT2D eigenvalue weighted by Gasteiger charge is 2.47. The zero-order valence-corrected chi connectivity index (χ0v) is 35.4. The van der Waals surface area contributed by atoms with Crippen molar-refractivity contribution in [2.75, 3.05) is 0 Å². The quantitative estimate of drug-likeness (QED) is 0.150. The Hall–Kier alpha value is -8.53. The Kier molecular flexibility index (Phi) is 8.44. The molecule has 0 N–H and O–H groups in total. The van der Waals surface area contributed by atoms with Gasteiger partial charge in [-0.05, 0) is 100 Å². The lowest BCUT2D eigenvalue weighted by Gasteiger charge is -2.34. The van der Waals surface area contributed by atoms with Crippen LogP contribution in [-0.2, 0) is 5.41 Å². The van der Waals surface area contributed by atoms with E-state index in [0.717, 1.165) is 27.8 Å². The minimum Gasteiger partial charge on any atom is -0.208 e. The maximum atomic E-state index is 5.11. The third-order valence-electron chi connectivity index (χ3n) is 13.5. The van der Waals surface area contributed by atoms with Gasteiger partial charge in [-0.2, -0.15) is 0 Å². The van der Waals surface area contributed by atoms with Crippen molar-refractivity contribution >= 4 is 32.3 Å². The fraction of sp³-hybridized carbons (Fsp3) is 0.0161. The molecule has 0 fully saturated rings. The molecule has 13 rings (SSSR count). The molecular weight excluding hydrogens is 787 g/mol. The number of hydrogen-bond donors (Lipinski definition) is 0. The summed E-state index contributed by atoms with van der Waals surface area (Å²) in [6, 6.07) is 85.7. The van der Waals surface area contributed by atoms with Crippen LogP contribution in [0.1, 0.15) is 22.3 Å². The zero-order chi connectivity index (χ0) is 42.9. The molecule has 0 radical (unpaired) electrons. The first kappa shape index (κ1) is 37.1. The van der Waals surface area contributed by atoms with Crippen LogP contribution >= 0.6 is 0 Å². The summed E-state index contributed by atoms with van der Waals surface area (Å²) >= 11 is 0. The van der Waals surface area contributed by atoms with Crippen LogP contribution in [0.5, 0.6) is 0 Å². The predicted molar refractivity (Wildman–Crippen MR) is 268 cm³/mol. The third-order valence-corrected chi connectivity index (χ3v) is 13.5. The van der Waals surface area contributed by atoms with Crippen LogP contribution in [0.2, 0.25) is 0 Å². The summed E-state index contributed by atoms with van der Waals surface area (Å²) in [6.07, 6.45) is 0. The second kappa shape index (κ2) is 14.8. The highest BCUT2D eigenvalue weighted by molar-refractivity contribution is 6.25. The van der Waals surface area contributed by atoms with Crippen molar-refractivity contribution in [1.82, 2.24) is 15.0 Å². The van der Waals surface area contributed by atoms with Gasteiger partial charge in [0, 0.05) is 16.7 Å². The van der Waals surface area contributed by atoms with E-state index in [0.29, 0.717) is 17.5 Å². The van der Waals surface area contributed by atoms with E-state index in [1.165, 1.54) is 76.8 Å². The molecule has 3 heteroatoms. The number of aromatic nitrogens is 3. The molecular formula is C62H39N3. The molecule has 1 aromatic heterocycles. The molecule has 0 atom stereocenters. The lowest BCUT2D eigenvalue weighted by Crippen LogP contribution is -2.28. The molecule has 0 bridgehead atoms. The van der Waals surface area contributed by atoms with Gasteiger partial charge in [0.15, 0.2) is 17.5 Å². The molecule has 3 nitrogen and oxygen atoms in total. The van der Waals surface area contributed by atoms with Crippen LogP contribution in [0.4, 0.5) is 0 Å². The molecule has 0 aliphatic heterocycles. The maximum Gasteiger partial charge on any atom is 0.164 e. The Balaban J connectivity index is 1.04. The SMILES string of the molecule is c1ccc(-c2nc(-c3ccccc3)nc(-c3cccc(-c4cccc5c4-c4ccc(-c6ccc7ccc8cccc9ccc6c7c89)cc4C5(c4ccccc4)c4ccccc4)c3)n2)cc1. The van der Waals surface area contributed by atoms with Gasteiger partial charge in [-0.25, -0.2) is 15.0 Å². The Morgan fingerprint density at radius 2 is 0.754 bits per heavy atom. The average Bonchev–Trinajstić information content (AvgIpc) is 3.69. The Morgan fingerprint density at radius 3 is 1.40 bits per heavy atom. The van der Waals surface area contributed by atoms with Gasteiger partial charge in [0.25, 0.3) is 0 Å². The van der Waals surface area contributed by atoms with Crippen molar-refractivity contribution in [3.8, 4) is 67.5 Å². The molecule has 1 heterocycles. The summed E-state index contributed by atoms with van der Waals surface area (Å²) in [6.45, 7) is 0. The van der Waals surface area contributed by atoms with Gasteiger partial charge in [-0.3, -0.25) is 0 Å². The molecule has 0 saturated heterocycles. The number of rotatable bonds is 7. The first-order chi connectivity index (χ1) is 32.2. The number of fused-ring (bicyclic) bond motifs is 3. The van der Waals surface area contributed by atoms with Gasteiger partial charge in [0.1, 0.15) is 0 Å². The summed E-state index contributed by atoms with van der Waals surface area (Å²) in [5.74, 6) is 1.92. The van der Waals surface area contributed by atoms with Gasteiger partial charge in [-0.1, -0.05) is 224 Å². The van der Waals surface area contributed by atoms with Crippen molar-refractivity contribution in [3.63, 3.8) is 0 Å². The molecule has 12 aromatic rings. The van der Waals surface area contributed by atoms with Gasteiger partial charge >= 0.3 is 0 Å². The van der Waals surface area contributed by atoms with E-state index in [4.69, 9.17) is 15.0 Å². The molecule has 11 aromatic carbocycles. The summed E-state index contributed by atoms with van der Waals surface area (Å²) in [7, 11) is 0. The van der Waals surface area contributed by atoms with Gasteiger partial charge in [0.05, 0.1) is 5.41 Å². The van der Waals surface area contributed by atoms with Crippen molar-refractivity contribution in [3.05, 3.63) is 259 Å². The van der Waals surface area contributed by atoms with Crippen molar-refractivity contribution in [2.45, 2.75) is 5.41 Å². The average molecular weight is 826 g/mol. The summed E-state index contributed by atoms with van der Waals surface area (Å²) in [5, 5.41) is 7.74. The van der Waals surface area contributed by atoms with Crippen LogP contribution in [-0.4, -0.2) is 15.0 Å². The Morgan fingerprint density at radius 1 is 0.277 bits per heavy atom. The number of hydrogen-bond acceptors (Lipinski definition) is 3. The van der Waals surface area contributed by atoms with E-state index in [2.05, 4.69) is 200 Å². The van der Waals surface area contributed by atoms with Crippen LogP contribution in [0.15, 0.2) is 237 Å². The lowest BCUT2D eigenvalue weighted by molar-refractivity contribution is 0.769. The second-order valence-electron chi connectivity index (χ2n) is 17.1. The van der Waals surface area contributed by atoms with Crippen LogP contribution in [0, 0.1) is 0 Å². The van der Waals surface area contributed by atoms with Crippen molar-refractivity contribution < 1.29 is 0 Å². The topological polar surface area (TPSA) is 38.7 Å². The van der Waals surface area contributed by atoms with Gasteiger partial charge < -0.3 is 0 Å².